The Morgan fingerprint density at radius 1 is 0.429 bits per heavy atom. The minimum atomic E-state index is 0. The van der Waals surface area contributed by atoms with Crippen molar-refractivity contribution in [2.45, 2.75) is 0 Å². The van der Waals surface area contributed by atoms with Gasteiger partial charge < -0.3 is 54.0 Å². The minimum absolute atomic E-state index is 0. The summed E-state index contributed by atoms with van der Waals surface area (Å²) in [6.07, 6.45) is 0. The first-order chi connectivity index (χ1) is 0. The predicted molar refractivity (Wildman–Crippen MR) is 35.0 cm³/mol. The smallest absolute Gasteiger partial charge is 0.813 e. The fourth-order valence-electron chi connectivity index (χ4n) is 0. The average Bonchev–Trinajstić information content (AvgIpc) is 0. The SMILES string of the molecule is [Fe+2].[Fe].[Fe].[SH-].[SH-].[SH-].[SH-]. The third-order valence-electron chi connectivity index (χ3n) is 0. The van der Waals surface area contributed by atoms with Gasteiger partial charge in [0.1, 0.15) is 0 Å². The van der Waals surface area contributed by atoms with Gasteiger partial charge in [0, 0.05) is 34.1 Å². The molecule has 0 unspecified atom stereocenters. The summed E-state index contributed by atoms with van der Waals surface area (Å²) in [5.74, 6) is 0. The van der Waals surface area contributed by atoms with Gasteiger partial charge in [-0.25, -0.2) is 0 Å². The van der Waals surface area contributed by atoms with Crippen LogP contribution in [0, 0.1) is 0 Å². The van der Waals surface area contributed by atoms with Gasteiger partial charge in [0.15, 0.2) is 0 Å². The molecule has 7 heavy (non-hydrogen) atoms. The Hall–Kier alpha value is 2.96. The van der Waals surface area contributed by atoms with Gasteiger partial charge in [0.05, 0.1) is 0 Å². The largest absolute Gasteiger partial charge is 2.00 e. The Balaban J connectivity index is 0. The molecule has 0 aromatic carbocycles. The van der Waals surface area contributed by atoms with Crippen molar-refractivity contribution in [3.05, 3.63) is 0 Å². The Morgan fingerprint density at radius 2 is 0.429 bits per heavy atom. The third kappa shape index (κ3) is 49.6. The van der Waals surface area contributed by atoms with Crippen LogP contribution in [0.3, 0.4) is 0 Å². The van der Waals surface area contributed by atoms with Crippen LogP contribution in [-0.4, -0.2) is 0 Å². The zero-order valence-corrected chi connectivity index (χ0v) is 9.74. The average molecular weight is 300 g/mol. The van der Waals surface area contributed by atoms with Gasteiger partial charge in [-0.3, -0.25) is 0 Å². The van der Waals surface area contributed by atoms with E-state index in [9.17, 15) is 0 Å². The van der Waals surface area contributed by atoms with Crippen molar-refractivity contribution in [2.75, 3.05) is 0 Å². The van der Waals surface area contributed by atoms with Crippen LogP contribution in [0.4, 0.5) is 0 Å². The van der Waals surface area contributed by atoms with Crippen molar-refractivity contribution in [1.82, 2.24) is 0 Å². The number of rotatable bonds is 0. The normalized spacial score (nSPS) is 0. The molecule has 0 atom stereocenters. The molecule has 0 aliphatic heterocycles. The van der Waals surface area contributed by atoms with Crippen molar-refractivity contribution in [2.24, 2.45) is 0 Å². The van der Waals surface area contributed by atoms with E-state index in [1.807, 2.05) is 0 Å². The third-order valence-corrected chi connectivity index (χ3v) is 0. The van der Waals surface area contributed by atoms with E-state index in [-0.39, 0.29) is 105 Å². The predicted octanol–water partition coefficient (Wildman–Crippen LogP) is -1.09. The van der Waals surface area contributed by atoms with Gasteiger partial charge >= 0.3 is 17.1 Å². The molecule has 54 valence electrons. The molecule has 0 saturated heterocycles. The maximum Gasteiger partial charge on any atom is 2.00 e. The second-order valence-corrected chi connectivity index (χ2v) is 0. The molecule has 0 radical (unpaired) electrons. The summed E-state index contributed by atoms with van der Waals surface area (Å²) in [7, 11) is 0. The summed E-state index contributed by atoms with van der Waals surface area (Å²) in [6, 6.07) is 0. The first kappa shape index (κ1) is 91.3. The van der Waals surface area contributed by atoms with E-state index in [0.717, 1.165) is 0 Å². The van der Waals surface area contributed by atoms with E-state index >= 15 is 0 Å². The Kier molecular flexibility index (Phi) is 846. The van der Waals surface area contributed by atoms with Crippen LogP contribution in [0.2, 0.25) is 0 Å². The van der Waals surface area contributed by atoms with Crippen LogP contribution in [-0.2, 0) is 105 Å². The fourth-order valence-corrected chi connectivity index (χ4v) is 0. The molecule has 0 aromatic rings. The van der Waals surface area contributed by atoms with Gasteiger partial charge in [-0.05, 0) is 0 Å². The van der Waals surface area contributed by atoms with E-state index in [4.69, 9.17) is 0 Å². The number of hydrogen-bond acceptors (Lipinski definition) is 4. The molecule has 0 heterocycles. The van der Waals surface area contributed by atoms with Gasteiger partial charge in [-0.1, -0.05) is 0 Å². The summed E-state index contributed by atoms with van der Waals surface area (Å²) < 4.78 is 0. The molecule has 0 bridgehead atoms. The van der Waals surface area contributed by atoms with Crippen molar-refractivity contribution in [1.29, 1.82) is 0 Å². The number of thiol groups is 4. The molecule has 0 aromatic heterocycles. The zero-order chi connectivity index (χ0) is 0. The topological polar surface area (TPSA) is 0 Å². The Labute approximate surface area is 104 Å². The van der Waals surface area contributed by atoms with E-state index in [0.29, 0.717) is 0 Å². The van der Waals surface area contributed by atoms with Crippen LogP contribution < -0.4 is 0 Å². The van der Waals surface area contributed by atoms with Crippen LogP contribution in [0.1, 0.15) is 0 Å². The van der Waals surface area contributed by atoms with Crippen molar-refractivity contribution < 1.29 is 51.2 Å². The van der Waals surface area contributed by atoms with E-state index < -0.39 is 0 Å². The van der Waals surface area contributed by atoms with Gasteiger partial charge in [-0.15, -0.1) is 0 Å². The van der Waals surface area contributed by atoms with Crippen LogP contribution in [0.5, 0.6) is 0 Å². The van der Waals surface area contributed by atoms with Gasteiger partial charge in [0.2, 0.25) is 0 Å². The van der Waals surface area contributed by atoms with Crippen molar-refractivity contribution >= 4 is 54.0 Å². The van der Waals surface area contributed by atoms with E-state index in [2.05, 4.69) is 0 Å². The van der Waals surface area contributed by atoms with Gasteiger partial charge in [0.25, 0.3) is 0 Å². The van der Waals surface area contributed by atoms with Crippen LogP contribution in [0.25, 0.3) is 0 Å². The summed E-state index contributed by atoms with van der Waals surface area (Å²) in [5.41, 5.74) is 0. The van der Waals surface area contributed by atoms with Crippen molar-refractivity contribution in [3.8, 4) is 0 Å². The van der Waals surface area contributed by atoms with Crippen molar-refractivity contribution in [3.63, 3.8) is 0 Å². The summed E-state index contributed by atoms with van der Waals surface area (Å²) in [6.45, 7) is 0. The van der Waals surface area contributed by atoms with Crippen LogP contribution >= 0.6 is 0 Å². The second-order valence-electron chi connectivity index (χ2n) is 0. The van der Waals surface area contributed by atoms with E-state index in [1.54, 1.807) is 0 Å². The zero-order valence-electron chi connectivity index (χ0n) is 2.85. The molecular weight excluding hydrogens is 296 g/mol. The maximum absolute atomic E-state index is 0. The first-order valence-electron chi connectivity index (χ1n) is 0. The molecule has 0 saturated carbocycles. The molecule has 0 aliphatic carbocycles. The fraction of sp³-hybridized carbons (Fsp3) is 0. The minimum Gasteiger partial charge on any atom is -0.813 e. The molecule has 7 heteroatoms. The monoisotopic (exact) mass is 300 g/mol. The Bertz CT molecular complexity index is 6.90. The van der Waals surface area contributed by atoms with Crippen LogP contribution in [0.15, 0.2) is 0 Å². The first-order valence-corrected chi connectivity index (χ1v) is 0. The number of hydrogen-bond donors (Lipinski definition) is 0. The molecule has 0 amide bonds. The summed E-state index contributed by atoms with van der Waals surface area (Å²) in [4.78, 5) is 0. The summed E-state index contributed by atoms with van der Waals surface area (Å²) >= 11 is 0. The molecule has 0 nitrogen and oxygen atoms in total. The molecule has 0 N–H and O–H groups in total. The molecular formula is H4Fe3S4-2. The quantitative estimate of drug-likeness (QED) is 0.317. The second kappa shape index (κ2) is 64.8. The van der Waals surface area contributed by atoms with E-state index in [1.165, 1.54) is 0 Å². The molecule has 0 fully saturated rings. The molecule has 0 spiro atoms. The molecule has 0 aliphatic rings. The standard InChI is InChI=1S/3Fe.4H2S/h;;;4*1H2/q;;+2;;;;/p-4. The summed E-state index contributed by atoms with van der Waals surface area (Å²) in [5, 5.41) is 0. The molecule has 0 rings (SSSR count). The van der Waals surface area contributed by atoms with Gasteiger partial charge in [-0.2, -0.15) is 0 Å². The Morgan fingerprint density at radius 3 is 0.429 bits per heavy atom. The maximum atomic E-state index is 0.